The fourth-order valence-electron chi connectivity index (χ4n) is 2.12. The maximum absolute atomic E-state index is 13.3. The Balaban J connectivity index is 1.70. The van der Waals surface area contributed by atoms with Crippen molar-refractivity contribution in [3.8, 4) is 0 Å². The number of hydrogen-bond donors (Lipinski definition) is 1. The third-order valence-electron chi connectivity index (χ3n) is 3.19. The Labute approximate surface area is 128 Å². The van der Waals surface area contributed by atoms with E-state index in [1.807, 2.05) is 24.3 Å². The third-order valence-corrected chi connectivity index (χ3v) is 3.72. The molecule has 0 aliphatic heterocycles. The van der Waals surface area contributed by atoms with Crippen molar-refractivity contribution >= 4 is 32.7 Å². The van der Waals surface area contributed by atoms with E-state index < -0.39 is 11.6 Å². The average molecular weight is 352 g/mol. The van der Waals surface area contributed by atoms with Crippen molar-refractivity contribution in [3.63, 3.8) is 0 Å². The number of rotatable bonds is 4. The summed E-state index contributed by atoms with van der Waals surface area (Å²) in [4.78, 5) is 4.08. The van der Waals surface area contributed by atoms with Gasteiger partial charge >= 0.3 is 0 Å². The molecule has 0 atom stereocenters. The minimum Gasteiger partial charge on any atom is -0.383 e. The molecule has 3 aromatic rings. The molecule has 1 heterocycles. The van der Waals surface area contributed by atoms with Crippen molar-refractivity contribution in [1.82, 2.24) is 9.55 Å². The van der Waals surface area contributed by atoms with Crippen LogP contribution in [-0.2, 0) is 6.54 Å². The van der Waals surface area contributed by atoms with E-state index in [4.69, 9.17) is 0 Å². The van der Waals surface area contributed by atoms with Crippen molar-refractivity contribution in [1.29, 1.82) is 0 Å². The third kappa shape index (κ3) is 3.05. The van der Waals surface area contributed by atoms with Gasteiger partial charge in [-0.2, -0.15) is 0 Å². The molecule has 0 saturated heterocycles. The van der Waals surface area contributed by atoms with E-state index in [1.165, 1.54) is 6.07 Å². The molecule has 1 aromatic heterocycles. The largest absolute Gasteiger partial charge is 0.383 e. The van der Waals surface area contributed by atoms with Crippen molar-refractivity contribution in [3.05, 3.63) is 58.8 Å². The lowest BCUT2D eigenvalue weighted by Crippen LogP contribution is -2.09. The van der Waals surface area contributed by atoms with Crippen LogP contribution in [0.25, 0.3) is 11.0 Å². The van der Waals surface area contributed by atoms with Gasteiger partial charge in [-0.15, -0.1) is 0 Å². The molecule has 0 amide bonds. The van der Waals surface area contributed by atoms with Gasteiger partial charge < -0.3 is 9.88 Å². The van der Waals surface area contributed by atoms with Crippen LogP contribution in [0.3, 0.4) is 0 Å². The van der Waals surface area contributed by atoms with E-state index in [-0.39, 0.29) is 0 Å². The van der Waals surface area contributed by atoms with Gasteiger partial charge in [0.1, 0.15) is 0 Å². The summed E-state index contributed by atoms with van der Waals surface area (Å²) in [5.41, 5.74) is 2.05. The molecule has 3 rings (SSSR count). The number of imidazole rings is 1. The number of nitrogens with one attached hydrogen (secondary N) is 1. The molecule has 108 valence electrons. The van der Waals surface area contributed by atoms with Crippen LogP contribution in [-0.4, -0.2) is 16.1 Å². The van der Waals surface area contributed by atoms with Gasteiger partial charge in [0, 0.05) is 35.4 Å². The van der Waals surface area contributed by atoms with Crippen molar-refractivity contribution in [2.75, 3.05) is 11.9 Å². The summed E-state index contributed by atoms with van der Waals surface area (Å²) in [6.45, 7) is 1.27. The van der Waals surface area contributed by atoms with E-state index in [2.05, 4.69) is 26.2 Å². The van der Waals surface area contributed by atoms with E-state index >= 15 is 0 Å². The van der Waals surface area contributed by atoms with E-state index in [0.29, 0.717) is 24.1 Å². The maximum Gasteiger partial charge on any atom is 0.161 e. The number of hydrogen-bond acceptors (Lipinski definition) is 2. The number of halogens is 3. The van der Waals surface area contributed by atoms with E-state index in [0.717, 1.165) is 16.2 Å². The molecule has 0 fully saturated rings. The van der Waals surface area contributed by atoms with Crippen LogP contribution in [0.5, 0.6) is 0 Å². The van der Waals surface area contributed by atoms with Crippen LogP contribution in [0, 0.1) is 11.6 Å². The number of anilines is 1. The Morgan fingerprint density at radius 1 is 1.10 bits per heavy atom. The quantitative estimate of drug-likeness (QED) is 0.763. The van der Waals surface area contributed by atoms with Gasteiger partial charge in [0.2, 0.25) is 0 Å². The zero-order valence-corrected chi connectivity index (χ0v) is 12.6. The summed E-state index contributed by atoms with van der Waals surface area (Å²) in [5, 5.41) is 3.26. The summed E-state index contributed by atoms with van der Waals surface area (Å²) in [5.74, 6) is -1.73. The van der Waals surface area contributed by atoms with Gasteiger partial charge in [-0.05, 0) is 24.3 Å². The van der Waals surface area contributed by atoms with E-state index in [1.54, 1.807) is 10.9 Å². The molecule has 3 nitrogen and oxygen atoms in total. The SMILES string of the molecule is Fc1cc2ncn(CCNc3ccc(Br)cc3)c2cc1F. The second-order valence-electron chi connectivity index (χ2n) is 4.63. The summed E-state index contributed by atoms with van der Waals surface area (Å²) in [6.07, 6.45) is 1.59. The van der Waals surface area contributed by atoms with Gasteiger partial charge in [0.05, 0.1) is 17.4 Å². The molecule has 2 aromatic carbocycles. The highest BCUT2D eigenvalue weighted by Crippen LogP contribution is 2.18. The summed E-state index contributed by atoms with van der Waals surface area (Å²) < 4.78 is 29.2. The molecule has 0 aliphatic carbocycles. The molecule has 0 saturated carbocycles. The topological polar surface area (TPSA) is 29.9 Å². The molecular formula is C15H12BrF2N3. The first-order valence-electron chi connectivity index (χ1n) is 6.43. The first-order chi connectivity index (χ1) is 10.1. The normalized spacial score (nSPS) is 11.0. The molecule has 1 N–H and O–H groups in total. The minimum atomic E-state index is -0.874. The zero-order chi connectivity index (χ0) is 14.8. The predicted molar refractivity (Wildman–Crippen MR) is 82.3 cm³/mol. The number of benzene rings is 2. The summed E-state index contributed by atoms with van der Waals surface area (Å²) in [7, 11) is 0. The molecule has 0 radical (unpaired) electrons. The van der Waals surface area contributed by atoms with Crippen molar-refractivity contribution in [2.45, 2.75) is 6.54 Å². The first-order valence-corrected chi connectivity index (χ1v) is 7.22. The van der Waals surface area contributed by atoms with Gasteiger partial charge in [-0.1, -0.05) is 15.9 Å². The van der Waals surface area contributed by atoms with E-state index in [9.17, 15) is 8.78 Å². The molecule has 0 spiro atoms. The highest BCUT2D eigenvalue weighted by atomic mass is 79.9. The lowest BCUT2D eigenvalue weighted by molar-refractivity contribution is 0.510. The van der Waals surface area contributed by atoms with Crippen LogP contribution in [0.4, 0.5) is 14.5 Å². The Hall–Kier alpha value is -1.95. The van der Waals surface area contributed by atoms with Crippen molar-refractivity contribution < 1.29 is 8.78 Å². The van der Waals surface area contributed by atoms with Crippen molar-refractivity contribution in [2.24, 2.45) is 0 Å². The Morgan fingerprint density at radius 3 is 2.57 bits per heavy atom. The lowest BCUT2D eigenvalue weighted by Gasteiger charge is -2.08. The molecule has 0 unspecified atom stereocenters. The zero-order valence-electron chi connectivity index (χ0n) is 11.0. The summed E-state index contributed by atoms with van der Waals surface area (Å²) >= 11 is 3.38. The summed E-state index contributed by atoms with van der Waals surface area (Å²) in [6, 6.07) is 10.1. The van der Waals surface area contributed by atoms with Gasteiger partial charge in [-0.25, -0.2) is 13.8 Å². The van der Waals surface area contributed by atoms with Gasteiger partial charge in [-0.3, -0.25) is 0 Å². The predicted octanol–water partition coefficient (Wildman–Crippen LogP) is 4.19. The minimum absolute atomic E-state index is 0.456. The Bertz CT molecular complexity index is 768. The monoisotopic (exact) mass is 351 g/mol. The van der Waals surface area contributed by atoms with Crippen LogP contribution < -0.4 is 5.32 Å². The van der Waals surface area contributed by atoms with Gasteiger partial charge in [0.25, 0.3) is 0 Å². The molecule has 6 heteroatoms. The number of aromatic nitrogens is 2. The molecule has 0 aliphatic rings. The molecule has 21 heavy (non-hydrogen) atoms. The fraction of sp³-hybridized carbons (Fsp3) is 0.133. The average Bonchev–Trinajstić information content (AvgIpc) is 2.84. The maximum atomic E-state index is 13.3. The Kier molecular flexibility index (Phi) is 3.88. The fourth-order valence-corrected chi connectivity index (χ4v) is 2.38. The highest BCUT2D eigenvalue weighted by Gasteiger charge is 2.08. The van der Waals surface area contributed by atoms with Crippen LogP contribution >= 0.6 is 15.9 Å². The highest BCUT2D eigenvalue weighted by molar-refractivity contribution is 9.10. The molecule has 0 bridgehead atoms. The first kappa shape index (κ1) is 14.0. The second-order valence-corrected chi connectivity index (χ2v) is 5.54. The number of fused-ring (bicyclic) bond motifs is 1. The number of nitrogens with zero attached hydrogens (tertiary/aromatic N) is 2. The lowest BCUT2D eigenvalue weighted by atomic mass is 10.3. The molecular weight excluding hydrogens is 340 g/mol. The standard InChI is InChI=1S/C15H12BrF2N3/c16-10-1-3-11(4-2-10)19-5-6-21-9-20-14-7-12(17)13(18)8-15(14)21/h1-4,7-9,19H,5-6H2. The Morgan fingerprint density at radius 2 is 1.81 bits per heavy atom. The van der Waals surface area contributed by atoms with Crippen LogP contribution in [0.2, 0.25) is 0 Å². The van der Waals surface area contributed by atoms with Crippen LogP contribution in [0.1, 0.15) is 0 Å². The second kappa shape index (κ2) is 5.81. The smallest absolute Gasteiger partial charge is 0.161 e. The van der Waals surface area contributed by atoms with Crippen LogP contribution in [0.15, 0.2) is 47.2 Å². The van der Waals surface area contributed by atoms with Gasteiger partial charge in [0.15, 0.2) is 11.6 Å².